The van der Waals surface area contributed by atoms with E-state index >= 15 is 0 Å². The molecule has 2 amide bonds. The second kappa shape index (κ2) is 11.9. The lowest BCUT2D eigenvalue weighted by Gasteiger charge is -2.14. The molecule has 0 unspecified atom stereocenters. The number of nitrogens with one attached hydrogen (secondary N) is 2. The van der Waals surface area contributed by atoms with Crippen molar-refractivity contribution in [3.8, 4) is 22.3 Å². The van der Waals surface area contributed by atoms with E-state index < -0.39 is 27.5 Å². The number of sulfonamides is 1. The summed E-state index contributed by atoms with van der Waals surface area (Å²) in [4.78, 5) is 38.4. The first-order valence-corrected chi connectivity index (χ1v) is 16.0. The fraction of sp³-hybridized carbons (Fsp3) is 0.0294. The smallest absolute Gasteiger partial charge is 0.349 e. The van der Waals surface area contributed by atoms with Gasteiger partial charge in [-0.2, -0.15) is 0 Å². The summed E-state index contributed by atoms with van der Waals surface area (Å²) in [5.41, 5.74) is 7.98. The number of hydrogen-bond donors (Lipinski definition) is 3. The molecular weight excluding hydrogens is 611 g/mol. The van der Waals surface area contributed by atoms with Crippen molar-refractivity contribution in [1.29, 1.82) is 0 Å². The number of hydrogen-bond acceptors (Lipinski definition) is 7. The van der Waals surface area contributed by atoms with Gasteiger partial charge in [-0.15, -0.1) is 11.3 Å². The molecule has 0 fully saturated rings. The van der Waals surface area contributed by atoms with E-state index in [1.807, 2.05) is 42.5 Å². The average molecular weight is 636 g/mol. The highest BCUT2D eigenvalue weighted by molar-refractivity contribution is 7.92. The molecule has 45 heavy (non-hydrogen) atoms. The summed E-state index contributed by atoms with van der Waals surface area (Å²) >= 11 is 1.06. The van der Waals surface area contributed by atoms with Crippen LogP contribution in [0.4, 0.5) is 11.4 Å². The zero-order chi connectivity index (χ0) is 31.7. The number of benzene rings is 4. The lowest BCUT2D eigenvalue weighted by atomic mass is 10.0. The van der Waals surface area contributed by atoms with Crippen LogP contribution in [0.3, 0.4) is 0 Å². The maximum Gasteiger partial charge on any atom is 0.349 e. The number of nitrogens with two attached hydrogens (primary N) is 1. The van der Waals surface area contributed by atoms with E-state index in [0.717, 1.165) is 22.5 Å². The zero-order valence-electron chi connectivity index (χ0n) is 23.7. The molecule has 0 atom stereocenters. The van der Waals surface area contributed by atoms with Gasteiger partial charge in [0.2, 0.25) is 0 Å². The van der Waals surface area contributed by atoms with Crippen molar-refractivity contribution >= 4 is 55.5 Å². The van der Waals surface area contributed by atoms with Crippen molar-refractivity contribution in [3.63, 3.8) is 0 Å². The molecule has 0 saturated carbocycles. The van der Waals surface area contributed by atoms with Gasteiger partial charge in [0, 0.05) is 27.6 Å². The SMILES string of the molecule is Cc1c(C(N)=O)c(=O)oc2cc(-c3csc(C(=O)Nc4ccccc4-c4ccccc4)c3NS(=O)(=O)c3ccccc3)ccc12. The van der Waals surface area contributed by atoms with Crippen LogP contribution in [0.15, 0.2) is 123 Å². The Morgan fingerprint density at radius 2 is 1.49 bits per heavy atom. The van der Waals surface area contributed by atoms with Crippen molar-refractivity contribution in [2.24, 2.45) is 5.73 Å². The summed E-state index contributed by atoms with van der Waals surface area (Å²) in [6.45, 7) is 1.60. The zero-order valence-corrected chi connectivity index (χ0v) is 25.4. The van der Waals surface area contributed by atoms with Gasteiger partial charge in [0.1, 0.15) is 16.0 Å². The minimum absolute atomic E-state index is 0.0158. The van der Waals surface area contributed by atoms with Gasteiger partial charge in [0.15, 0.2) is 0 Å². The van der Waals surface area contributed by atoms with E-state index in [4.69, 9.17) is 10.2 Å². The van der Waals surface area contributed by atoms with E-state index in [0.29, 0.717) is 27.8 Å². The Bertz CT molecular complexity index is 2260. The fourth-order valence-corrected chi connectivity index (χ4v) is 7.19. The Kier molecular flexibility index (Phi) is 7.79. The van der Waals surface area contributed by atoms with Crippen LogP contribution in [0.25, 0.3) is 33.2 Å². The van der Waals surface area contributed by atoms with Crippen LogP contribution in [-0.4, -0.2) is 20.2 Å². The Balaban J connectivity index is 1.46. The molecule has 4 N–H and O–H groups in total. The highest BCUT2D eigenvalue weighted by Gasteiger charge is 2.26. The number of para-hydroxylation sites is 1. The van der Waals surface area contributed by atoms with Gasteiger partial charge >= 0.3 is 5.63 Å². The van der Waals surface area contributed by atoms with Gasteiger partial charge in [-0.1, -0.05) is 78.9 Å². The highest BCUT2D eigenvalue weighted by Crippen LogP contribution is 2.40. The van der Waals surface area contributed by atoms with Crippen molar-refractivity contribution in [2.45, 2.75) is 11.8 Å². The maximum absolute atomic E-state index is 13.8. The topological polar surface area (TPSA) is 149 Å². The van der Waals surface area contributed by atoms with Crippen LogP contribution in [0, 0.1) is 6.92 Å². The summed E-state index contributed by atoms with van der Waals surface area (Å²) in [7, 11) is -4.11. The first-order valence-electron chi connectivity index (χ1n) is 13.7. The van der Waals surface area contributed by atoms with Crippen LogP contribution in [0.5, 0.6) is 0 Å². The van der Waals surface area contributed by atoms with Crippen LogP contribution < -0.4 is 21.4 Å². The molecule has 4 aromatic carbocycles. The summed E-state index contributed by atoms with van der Waals surface area (Å²) < 4.78 is 35.1. The highest BCUT2D eigenvalue weighted by atomic mass is 32.2. The monoisotopic (exact) mass is 635 g/mol. The third-order valence-corrected chi connectivity index (χ3v) is 9.62. The number of amides is 2. The number of anilines is 2. The lowest BCUT2D eigenvalue weighted by Crippen LogP contribution is -2.22. The third kappa shape index (κ3) is 5.74. The van der Waals surface area contributed by atoms with Gasteiger partial charge in [0.05, 0.1) is 10.6 Å². The summed E-state index contributed by atoms with van der Waals surface area (Å²) in [6.07, 6.45) is 0. The van der Waals surface area contributed by atoms with Gasteiger partial charge < -0.3 is 15.5 Å². The lowest BCUT2D eigenvalue weighted by molar-refractivity contribution is 0.0994. The van der Waals surface area contributed by atoms with Gasteiger partial charge in [-0.25, -0.2) is 13.2 Å². The minimum Gasteiger partial charge on any atom is -0.422 e. The molecule has 6 aromatic rings. The number of thiophene rings is 1. The normalized spacial score (nSPS) is 11.3. The van der Waals surface area contributed by atoms with Crippen LogP contribution in [-0.2, 0) is 10.0 Å². The van der Waals surface area contributed by atoms with Crippen molar-refractivity contribution in [2.75, 3.05) is 10.0 Å². The maximum atomic E-state index is 13.8. The number of rotatable bonds is 8. The molecule has 0 aliphatic heterocycles. The van der Waals surface area contributed by atoms with E-state index in [-0.39, 0.29) is 26.6 Å². The number of carbonyl (C=O) groups is 2. The second-order valence-corrected chi connectivity index (χ2v) is 12.7. The third-order valence-electron chi connectivity index (χ3n) is 7.27. The van der Waals surface area contributed by atoms with Crippen LogP contribution >= 0.6 is 11.3 Å². The number of fused-ring (bicyclic) bond motifs is 1. The summed E-state index contributed by atoms with van der Waals surface area (Å²) in [5, 5.41) is 5.10. The Hall–Kier alpha value is -5.52. The number of carbonyl (C=O) groups excluding carboxylic acids is 2. The molecule has 6 rings (SSSR count). The average Bonchev–Trinajstić information content (AvgIpc) is 3.44. The van der Waals surface area contributed by atoms with E-state index in [1.165, 1.54) is 12.1 Å². The molecule has 0 aliphatic rings. The van der Waals surface area contributed by atoms with Crippen molar-refractivity contribution in [1.82, 2.24) is 0 Å². The Morgan fingerprint density at radius 1 is 0.822 bits per heavy atom. The number of primary amides is 1. The largest absolute Gasteiger partial charge is 0.422 e. The minimum atomic E-state index is -4.11. The van der Waals surface area contributed by atoms with Gasteiger partial charge in [0.25, 0.3) is 21.8 Å². The van der Waals surface area contributed by atoms with E-state index in [9.17, 15) is 22.8 Å². The van der Waals surface area contributed by atoms with Crippen LogP contribution in [0.1, 0.15) is 25.6 Å². The van der Waals surface area contributed by atoms with E-state index in [2.05, 4.69) is 10.0 Å². The molecule has 224 valence electrons. The Labute approximate surface area is 262 Å². The Morgan fingerprint density at radius 3 is 2.20 bits per heavy atom. The number of aryl methyl sites for hydroxylation is 1. The molecule has 2 aromatic heterocycles. The molecule has 11 heteroatoms. The predicted octanol–water partition coefficient (Wildman–Crippen LogP) is 6.65. The first kappa shape index (κ1) is 29.5. The molecule has 9 nitrogen and oxygen atoms in total. The second-order valence-electron chi connectivity index (χ2n) is 10.1. The summed E-state index contributed by atoms with van der Waals surface area (Å²) in [6, 6.07) is 29.6. The molecule has 0 bridgehead atoms. The molecule has 0 aliphatic carbocycles. The fourth-order valence-electron chi connectivity index (χ4n) is 5.08. The van der Waals surface area contributed by atoms with Gasteiger partial charge in [-0.05, 0) is 47.9 Å². The first-order chi connectivity index (χ1) is 21.6. The van der Waals surface area contributed by atoms with Gasteiger partial charge in [-0.3, -0.25) is 14.3 Å². The molecule has 0 radical (unpaired) electrons. The van der Waals surface area contributed by atoms with Crippen LogP contribution in [0.2, 0.25) is 0 Å². The molecule has 0 spiro atoms. The standard InChI is InChI=1S/C34H25N3O6S2/c1-20-24-17-16-22(18-28(24)43-34(40)29(20)32(35)38)26-19-44-31(30(26)37-45(41,42)23-12-6-3-7-13-23)33(39)36-27-15-9-8-14-25(27)21-10-4-2-5-11-21/h2-19,37H,1H3,(H2,35,38)(H,36,39). The molecular formula is C34H25N3O6S2. The quantitative estimate of drug-likeness (QED) is 0.160. The van der Waals surface area contributed by atoms with E-state index in [1.54, 1.807) is 60.8 Å². The van der Waals surface area contributed by atoms with Crippen molar-refractivity contribution in [3.05, 3.63) is 135 Å². The predicted molar refractivity (Wildman–Crippen MR) is 176 cm³/mol. The molecule has 2 heterocycles. The molecule has 0 saturated heterocycles. The van der Waals surface area contributed by atoms with Crippen molar-refractivity contribution < 1.29 is 22.4 Å². The summed E-state index contributed by atoms with van der Waals surface area (Å²) in [5.74, 6) is -1.41.